The highest BCUT2D eigenvalue weighted by Crippen LogP contribution is 2.30. The molecule has 0 aliphatic rings. The largest absolute Gasteiger partial charge is 0.291 e. The number of nitrogens with zero attached hydrogens (tertiary/aromatic N) is 2. The normalized spacial score (nSPS) is 11.0. The second-order valence-electron chi connectivity index (χ2n) is 6.68. The molecule has 2 nitrogen and oxygen atoms in total. The lowest BCUT2D eigenvalue weighted by atomic mass is 9.96. The first kappa shape index (κ1) is 19.5. The second-order valence-corrected chi connectivity index (χ2v) is 7.55. The summed E-state index contributed by atoms with van der Waals surface area (Å²) in [5.74, 6) is 0. The highest BCUT2D eigenvalue weighted by Gasteiger charge is 2.20. The van der Waals surface area contributed by atoms with Crippen molar-refractivity contribution >= 4 is 23.2 Å². The zero-order chi connectivity index (χ0) is 19.4. The lowest BCUT2D eigenvalue weighted by Gasteiger charge is -2.29. The lowest BCUT2D eigenvalue weighted by Crippen LogP contribution is -2.25. The Morgan fingerprint density at radius 1 is 0.889 bits per heavy atom. The molecular formula is C23H20Cl2N2. The Bertz CT molecular complexity index is 912. The van der Waals surface area contributed by atoms with Gasteiger partial charge >= 0.3 is 0 Å². The predicted octanol–water partition coefficient (Wildman–Crippen LogP) is 6.39. The molecule has 0 saturated carbocycles. The van der Waals surface area contributed by atoms with Crippen LogP contribution in [-0.2, 0) is 6.54 Å². The fourth-order valence-corrected chi connectivity index (χ4v) is 3.57. The summed E-state index contributed by atoms with van der Waals surface area (Å²) in [5.41, 5.74) is 5.21. The van der Waals surface area contributed by atoms with Crippen LogP contribution in [0.25, 0.3) is 0 Å². The van der Waals surface area contributed by atoms with E-state index in [-0.39, 0.29) is 6.04 Å². The van der Waals surface area contributed by atoms with Crippen molar-refractivity contribution in [1.82, 2.24) is 4.90 Å². The Morgan fingerprint density at radius 2 is 1.41 bits per heavy atom. The van der Waals surface area contributed by atoms with Gasteiger partial charge < -0.3 is 0 Å². The average molecular weight is 395 g/mol. The summed E-state index contributed by atoms with van der Waals surface area (Å²) in [5, 5.41) is 10.6. The summed E-state index contributed by atoms with van der Waals surface area (Å²) in [6, 6.07) is 24.2. The number of rotatable bonds is 5. The van der Waals surface area contributed by atoms with E-state index in [0.717, 1.165) is 33.3 Å². The molecule has 3 aromatic rings. The molecule has 0 aromatic heterocycles. The first-order valence-corrected chi connectivity index (χ1v) is 9.44. The maximum absolute atomic E-state index is 9.14. The summed E-state index contributed by atoms with van der Waals surface area (Å²) >= 11 is 12.2. The predicted molar refractivity (Wildman–Crippen MR) is 112 cm³/mol. The van der Waals surface area contributed by atoms with Crippen LogP contribution in [0.15, 0.2) is 66.7 Å². The van der Waals surface area contributed by atoms with Crippen LogP contribution in [0.5, 0.6) is 0 Å². The van der Waals surface area contributed by atoms with E-state index in [1.165, 1.54) is 5.56 Å². The van der Waals surface area contributed by atoms with Crippen LogP contribution in [0.4, 0.5) is 0 Å². The van der Waals surface area contributed by atoms with Gasteiger partial charge in [-0.15, -0.1) is 0 Å². The molecule has 0 saturated heterocycles. The molecule has 27 heavy (non-hydrogen) atoms. The van der Waals surface area contributed by atoms with E-state index >= 15 is 0 Å². The van der Waals surface area contributed by atoms with Gasteiger partial charge in [-0.25, -0.2) is 0 Å². The number of aryl methyl sites for hydroxylation is 1. The number of hydrogen-bond acceptors (Lipinski definition) is 2. The quantitative estimate of drug-likeness (QED) is 0.500. The highest BCUT2D eigenvalue weighted by molar-refractivity contribution is 6.30. The van der Waals surface area contributed by atoms with Crippen LogP contribution in [0.3, 0.4) is 0 Å². The topological polar surface area (TPSA) is 27.0 Å². The molecule has 0 bridgehead atoms. The van der Waals surface area contributed by atoms with E-state index in [1.54, 1.807) is 0 Å². The van der Waals surface area contributed by atoms with Crippen molar-refractivity contribution in [3.05, 3.63) is 105 Å². The molecule has 0 spiro atoms. The molecule has 0 amide bonds. The first-order chi connectivity index (χ1) is 13.0. The highest BCUT2D eigenvalue weighted by atomic mass is 35.5. The van der Waals surface area contributed by atoms with Gasteiger partial charge in [0.25, 0.3) is 0 Å². The second kappa shape index (κ2) is 8.59. The van der Waals surface area contributed by atoms with Crippen molar-refractivity contribution in [2.75, 3.05) is 7.05 Å². The number of benzene rings is 3. The van der Waals surface area contributed by atoms with Crippen molar-refractivity contribution < 1.29 is 0 Å². The Hall–Kier alpha value is -2.31. The fourth-order valence-electron chi connectivity index (χ4n) is 3.32. The molecule has 0 N–H and O–H groups in total. The molecule has 0 aliphatic carbocycles. The molecule has 4 heteroatoms. The third kappa shape index (κ3) is 4.70. The van der Waals surface area contributed by atoms with Crippen LogP contribution in [0.1, 0.15) is 33.9 Å². The van der Waals surface area contributed by atoms with Crippen LogP contribution in [0, 0.1) is 18.3 Å². The molecular weight excluding hydrogens is 375 g/mol. The third-order valence-corrected chi connectivity index (χ3v) is 5.16. The summed E-state index contributed by atoms with van der Waals surface area (Å²) in [6.45, 7) is 2.72. The van der Waals surface area contributed by atoms with Gasteiger partial charge in [0.2, 0.25) is 0 Å². The van der Waals surface area contributed by atoms with Gasteiger partial charge in [0.1, 0.15) is 0 Å². The van der Waals surface area contributed by atoms with Gasteiger partial charge in [0.15, 0.2) is 0 Å². The maximum atomic E-state index is 9.14. The molecule has 3 rings (SSSR count). The molecule has 0 unspecified atom stereocenters. The van der Waals surface area contributed by atoms with Gasteiger partial charge in [-0.1, -0.05) is 59.6 Å². The Labute approximate surface area is 170 Å². The van der Waals surface area contributed by atoms with E-state index in [0.29, 0.717) is 5.56 Å². The first-order valence-electron chi connectivity index (χ1n) is 8.68. The standard InChI is InChI=1S/C23H20Cl2N2/c1-16-13-17(3-4-20(16)14-26)15-27(2)23(18-5-9-21(24)10-6-18)19-7-11-22(25)12-8-19/h3-13,23H,15H2,1-2H3. The Balaban J connectivity index is 1.94. The summed E-state index contributed by atoms with van der Waals surface area (Å²) in [6.07, 6.45) is 0. The lowest BCUT2D eigenvalue weighted by molar-refractivity contribution is 0.270. The zero-order valence-corrected chi connectivity index (χ0v) is 16.8. The van der Waals surface area contributed by atoms with Crippen LogP contribution >= 0.6 is 23.2 Å². The van der Waals surface area contributed by atoms with Crippen molar-refractivity contribution in [2.24, 2.45) is 0 Å². The van der Waals surface area contributed by atoms with E-state index < -0.39 is 0 Å². The van der Waals surface area contributed by atoms with Crippen molar-refractivity contribution in [2.45, 2.75) is 19.5 Å². The summed E-state index contributed by atoms with van der Waals surface area (Å²) in [7, 11) is 2.10. The average Bonchev–Trinajstić information content (AvgIpc) is 2.65. The van der Waals surface area contributed by atoms with Crippen molar-refractivity contribution in [3.8, 4) is 6.07 Å². The van der Waals surface area contributed by atoms with Crippen molar-refractivity contribution in [1.29, 1.82) is 5.26 Å². The van der Waals surface area contributed by atoms with E-state index in [2.05, 4.69) is 48.3 Å². The molecule has 0 heterocycles. The molecule has 0 atom stereocenters. The number of hydrogen-bond donors (Lipinski definition) is 0. The molecule has 0 aliphatic heterocycles. The number of nitriles is 1. The van der Waals surface area contributed by atoms with Crippen molar-refractivity contribution in [3.63, 3.8) is 0 Å². The molecule has 0 fully saturated rings. The van der Waals surface area contributed by atoms with E-state index in [9.17, 15) is 0 Å². The monoisotopic (exact) mass is 394 g/mol. The SMILES string of the molecule is Cc1cc(CN(C)C(c2ccc(Cl)cc2)c2ccc(Cl)cc2)ccc1C#N. The van der Waals surface area contributed by atoms with E-state index in [1.807, 2.05) is 43.3 Å². The van der Waals surface area contributed by atoms with E-state index in [4.69, 9.17) is 28.5 Å². The third-order valence-electron chi connectivity index (χ3n) is 4.66. The van der Waals surface area contributed by atoms with Crippen LogP contribution < -0.4 is 0 Å². The zero-order valence-electron chi connectivity index (χ0n) is 15.3. The molecule has 136 valence electrons. The smallest absolute Gasteiger partial charge is 0.0994 e. The van der Waals surface area contributed by atoms with Gasteiger partial charge in [-0.05, 0) is 66.6 Å². The van der Waals surface area contributed by atoms with Gasteiger partial charge in [-0.3, -0.25) is 4.90 Å². The molecule has 3 aromatic carbocycles. The van der Waals surface area contributed by atoms with Crippen LogP contribution in [-0.4, -0.2) is 11.9 Å². The minimum atomic E-state index is 0.0653. The minimum Gasteiger partial charge on any atom is -0.291 e. The summed E-state index contributed by atoms with van der Waals surface area (Å²) in [4.78, 5) is 2.29. The summed E-state index contributed by atoms with van der Waals surface area (Å²) < 4.78 is 0. The molecule has 0 radical (unpaired) electrons. The number of halogens is 2. The van der Waals surface area contributed by atoms with Gasteiger partial charge in [-0.2, -0.15) is 5.26 Å². The fraction of sp³-hybridized carbons (Fsp3) is 0.174. The van der Waals surface area contributed by atoms with Crippen LogP contribution in [0.2, 0.25) is 10.0 Å². The Morgan fingerprint density at radius 3 is 1.85 bits per heavy atom. The minimum absolute atomic E-state index is 0.0653. The maximum Gasteiger partial charge on any atom is 0.0994 e. The van der Waals surface area contributed by atoms with Gasteiger partial charge in [0, 0.05) is 16.6 Å². The van der Waals surface area contributed by atoms with Gasteiger partial charge in [0.05, 0.1) is 17.7 Å². The Kier molecular flexibility index (Phi) is 6.19.